The highest BCUT2D eigenvalue weighted by Crippen LogP contribution is 2.59. The minimum absolute atomic E-state index is 0.0211. The molecule has 1 aromatic carbocycles. The Morgan fingerprint density at radius 2 is 2.14 bits per heavy atom. The molecule has 0 unspecified atom stereocenters. The fourth-order valence-corrected chi connectivity index (χ4v) is 5.53. The van der Waals surface area contributed by atoms with Crippen LogP contribution in [0.2, 0.25) is 0 Å². The number of benzene rings is 1. The quantitative estimate of drug-likeness (QED) is 0.156. The number of hydrogen-bond acceptors (Lipinski definition) is 8. The maximum absolute atomic E-state index is 12.8. The van der Waals surface area contributed by atoms with Crippen molar-refractivity contribution >= 4 is 12.0 Å². The molecule has 1 saturated carbocycles. The molecule has 2 saturated heterocycles. The van der Waals surface area contributed by atoms with Crippen molar-refractivity contribution in [2.75, 3.05) is 26.9 Å². The summed E-state index contributed by atoms with van der Waals surface area (Å²) in [5.41, 5.74) is 1.63. The molecule has 8 heteroatoms. The van der Waals surface area contributed by atoms with Gasteiger partial charge in [-0.2, -0.15) is 5.26 Å². The lowest BCUT2D eigenvalue weighted by atomic mass is 9.68. The molecule has 0 radical (unpaired) electrons. The minimum Gasteiger partial charge on any atom is -0.492 e. The first-order valence-corrected chi connectivity index (χ1v) is 12.9. The normalized spacial score (nSPS) is 32.1. The van der Waals surface area contributed by atoms with Crippen molar-refractivity contribution in [1.29, 1.82) is 5.26 Å². The lowest BCUT2D eigenvalue weighted by Crippen LogP contribution is -2.55. The van der Waals surface area contributed by atoms with Gasteiger partial charge in [0.15, 0.2) is 0 Å². The van der Waals surface area contributed by atoms with Crippen LogP contribution in [0.25, 0.3) is 6.08 Å². The van der Waals surface area contributed by atoms with Crippen molar-refractivity contribution in [3.63, 3.8) is 0 Å². The molecular weight excluding hydrogens is 474 g/mol. The molecule has 0 aromatic heterocycles. The number of aliphatic hydroxyl groups excluding tert-OH is 1. The first-order valence-electron chi connectivity index (χ1n) is 12.9. The molecule has 0 bridgehead atoms. The fourth-order valence-electron chi connectivity index (χ4n) is 5.53. The lowest BCUT2D eigenvalue weighted by molar-refractivity contribution is -0.166. The van der Waals surface area contributed by atoms with E-state index in [-0.39, 0.29) is 30.3 Å². The highest BCUT2D eigenvalue weighted by atomic mass is 16.6. The summed E-state index contributed by atoms with van der Waals surface area (Å²) in [5.74, 6) is -0.0578. The highest BCUT2D eigenvalue weighted by Gasteiger charge is 2.72. The predicted molar refractivity (Wildman–Crippen MR) is 137 cm³/mol. The standard InChI is InChI=1S/C29H37NO7/c1-19(2)6-10-24-28(3,37-24)27-26(33-4)23(12-13-29(27)18-35-29)36-25(32)11-8-20-7-9-22(21(16-20)17-30)34-15-5-14-31/h6-9,11,16,23-24,26-27,31H,5,10,12-15,18H2,1-4H3/b11-8+/t23-,24+,26-,27-,28-,29+/m1/s1. The van der Waals surface area contributed by atoms with E-state index in [1.165, 1.54) is 11.6 Å². The summed E-state index contributed by atoms with van der Waals surface area (Å²) in [5, 5.41) is 18.3. The lowest BCUT2D eigenvalue weighted by Gasteiger charge is -2.42. The second kappa shape index (κ2) is 11.4. The van der Waals surface area contributed by atoms with Gasteiger partial charge in [-0.3, -0.25) is 0 Å². The van der Waals surface area contributed by atoms with Crippen molar-refractivity contribution in [1.82, 2.24) is 0 Å². The second-order valence-electron chi connectivity index (χ2n) is 10.5. The average Bonchev–Trinajstić information content (AvgIpc) is 3.80. The summed E-state index contributed by atoms with van der Waals surface area (Å²) < 4.78 is 29.5. The zero-order valence-electron chi connectivity index (χ0n) is 22.1. The van der Waals surface area contributed by atoms with E-state index in [0.717, 1.165) is 12.8 Å². The third kappa shape index (κ3) is 6.07. The van der Waals surface area contributed by atoms with Gasteiger partial charge >= 0.3 is 5.97 Å². The number of ether oxygens (including phenoxy) is 5. The van der Waals surface area contributed by atoms with Gasteiger partial charge in [0, 0.05) is 26.2 Å². The predicted octanol–water partition coefficient (Wildman–Crippen LogP) is 3.95. The van der Waals surface area contributed by atoms with Gasteiger partial charge < -0.3 is 28.8 Å². The fraction of sp³-hybridized carbons (Fsp3) is 0.586. The first-order chi connectivity index (χ1) is 17.8. The molecule has 0 amide bonds. The Morgan fingerprint density at radius 1 is 1.35 bits per heavy atom. The molecule has 4 rings (SSSR count). The molecule has 1 aliphatic carbocycles. The number of nitrogens with zero attached hydrogens (tertiary/aromatic N) is 1. The number of aliphatic hydroxyl groups is 1. The second-order valence-corrected chi connectivity index (χ2v) is 10.5. The van der Waals surface area contributed by atoms with Gasteiger partial charge in [0.25, 0.3) is 0 Å². The van der Waals surface area contributed by atoms with E-state index in [4.69, 9.17) is 28.8 Å². The maximum atomic E-state index is 12.8. The Balaban J connectivity index is 1.41. The number of carbonyl (C=O) groups excluding carboxylic acids is 1. The van der Waals surface area contributed by atoms with E-state index in [0.29, 0.717) is 42.9 Å². The van der Waals surface area contributed by atoms with Crippen LogP contribution in [0.1, 0.15) is 57.6 Å². The largest absolute Gasteiger partial charge is 0.492 e. The van der Waals surface area contributed by atoms with Gasteiger partial charge in [-0.1, -0.05) is 17.7 Å². The summed E-state index contributed by atoms with van der Waals surface area (Å²) in [4.78, 5) is 12.8. The third-order valence-electron chi connectivity index (χ3n) is 7.60. The summed E-state index contributed by atoms with van der Waals surface area (Å²) in [6.07, 6.45) is 7.28. The Labute approximate surface area is 218 Å². The van der Waals surface area contributed by atoms with Crippen LogP contribution in [0.15, 0.2) is 35.9 Å². The van der Waals surface area contributed by atoms with Gasteiger partial charge in [-0.25, -0.2) is 4.79 Å². The molecule has 3 fully saturated rings. The van der Waals surface area contributed by atoms with E-state index < -0.39 is 17.7 Å². The molecule has 1 spiro atoms. The van der Waals surface area contributed by atoms with Crippen LogP contribution in [0.3, 0.4) is 0 Å². The Hall–Kier alpha value is -2.70. The van der Waals surface area contributed by atoms with Crippen LogP contribution in [0.5, 0.6) is 5.75 Å². The van der Waals surface area contributed by atoms with Gasteiger partial charge in [0.2, 0.25) is 0 Å². The third-order valence-corrected chi connectivity index (χ3v) is 7.60. The number of epoxide rings is 2. The Morgan fingerprint density at radius 3 is 2.78 bits per heavy atom. The molecule has 1 aromatic rings. The molecular formula is C29H37NO7. The zero-order valence-corrected chi connectivity index (χ0v) is 22.1. The molecule has 6 atom stereocenters. The molecule has 1 N–H and O–H groups in total. The van der Waals surface area contributed by atoms with Crippen LogP contribution in [0, 0.1) is 17.2 Å². The smallest absolute Gasteiger partial charge is 0.331 e. The summed E-state index contributed by atoms with van der Waals surface area (Å²) in [6, 6.07) is 7.21. The number of esters is 1. The molecule has 200 valence electrons. The maximum Gasteiger partial charge on any atom is 0.331 e. The van der Waals surface area contributed by atoms with Gasteiger partial charge in [0.05, 0.1) is 30.8 Å². The molecule has 8 nitrogen and oxygen atoms in total. The highest BCUT2D eigenvalue weighted by molar-refractivity contribution is 5.87. The van der Waals surface area contributed by atoms with Crippen molar-refractivity contribution in [2.24, 2.45) is 5.92 Å². The number of rotatable bonds is 11. The van der Waals surface area contributed by atoms with Crippen molar-refractivity contribution in [2.45, 2.75) is 76.0 Å². The SMILES string of the molecule is CO[C@@H]1[C@H](OC(=O)/C=C/c2ccc(OCCCO)c(C#N)c2)CC[C@]2(CO2)[C@H]1[C@]1(C)O[C@H]1CC=C(C)C. The van der Waals surface area contributed by atoms with Crippen molar-refractivity contribution < 1.29 is 33.6 Å². The average molecular weight is 512 g/mol. The van der Waals surface area contributed by atoms with E-state index >= 15 is 0 Å². The minimum atomic E-state index is -0.469. The van der Waals surface area contributed by atoms with E-state index in [1.807, 2.05) is 0 Å². The summed E-state index contributed by atoms with van der Waals surface area (Å²) >= 11 is 0. The van der Waals surface area contributed by atoms with Crippen LogP contribution >= 0.6 is 0 Å². The first kappa shape index (κ1) is 27.3. The Bertz CT molecular complexity index is 1080. The summed E-state index contributed by atoms with van der Waals surface area (Å²) in [7, 11) is 1.65. The van der Waals surface area contributed by atoms with E-state index in [9.17, 15) is 10.1 Å². The van der Waals surface area contributed by atoms with E-state index in [1.54, 1.807) is 31.4 Å². The van der Waals surface area contributed by atoms with Gasteiger partial charge in [0.1, 0.15) is 35.2 Å². The van der Waals surface area contributed by atoms with Gasteiger partial charge in [-0.15, -0.1) is 0 Å². The number of methoxy groups -OCH3 is 1. The molecule has 37 heavy (non-hydrogen) atoms. The topological polar surface area (TPSA) is 114 Å². The number of carbonyl (C=O) groups is 1. The van der Waals surface area contributed by atoms with Gasteiger partial charge in [-0.05, 0) is 63.8 Å². The zero-order chi connectivity index (χ0) is 26.6. The molecule has 2 heterocycles. The number of nitriles is 1. The number of allylic oxidation sites excluding steroid dienone is 1. The molecule has 3 aliphatic rings. The Kier molecular flexibility index (Phi) is 8.39. The van der Waals surface area contributed by atoms with E-state index in [2.05, 4.69) is 32.9 Å². The monoisotopic (exact) mass is 511 g/mol. The summed E-state index contributed by atoms with van der Waals surface area (Å²) in [6.45, 7) is 7.29. The van der Waals surface area contributed by atoms with Crippen LogP contribution in [-0.2, 0) is 23.7 Å². The number of hydrogen-bond donors (Lipinski definition) is 1. The van der Waals surface area contributed by atoms with Crippen molar-refractivity contribution in [3.05, 3.63) is 47.1 Å². The van der Waals surface area contributed by atoms with Crippen LogP contribution in [0.4, 0.5) is 0 Å². The van der Waals surface area contributed by atoms with Crippen molar-refractivity contribution in [3.8, 4) is 11.8 Å². The van der Waals surface area contributed by atoms with Crippen LogP contribution < -0.4 is 4.74 Å². The van der Waals surface area contributed by atoms with Crippen LogP contribution in [-0.4, -0.2) is 67.5 Å². The molecule has 2 aliphatic heterocycles.